The Hall–Kier alpha value is -3.56. The number of benzene rings is 1. The Balaban J connectivity index is 1.93. The van der Waals surface area contributed by atoms with E-state index in [2.05, 4.69) is 25.3 Å². The van der Waals surface area contributed by atoms with Crippen LogP contribution in [0.2, 0.25) is 0 Å². The molecule has 3 aromatic rings. The van der Waals surface area contributed by atoms with Gasteiger partial charge < -0.3 is 10.3 Å². The SMILES string of the molecule is CC(C)C(=O)C(CNc1nc2nc[nH]c2c(=O)[nH]1)c1ccccc1[N+](=O)[O-]. The average molecular weight is 370 g/mol. The number of carbonyl (C=O) groups is 1. The summed E-state index contributed by atoms with van der Waals surface area (Å²) in [5, 5.41) is 14.3. The molecule has 3 rings (SSSR count). The van der Waals surface area contributed by atoms with Crippen molar-refractivity contribution >= 4 is 28.6 Å². The highest BCUT2D eigenvalue weighted by Gasteiger charge is 2.29. The van der Waals surface area contributed by atoms with Gasteiger partial charge in [0.1, 0.15) is 5.78 Å². The van der Waals surface area contributed by atoms with Gasteiger partial charge in [-0.1, -0.05) is 32.0 Å². The number of carbonyl (C=O) groups excluding carboxylic acids is 1. The third kappa shape index (κ3) is 3.68. The number of hydrogen-bond acceptors (Lipinski definition) is 7. The van der Waals surface area contributed by atoms with Crippen molar-refractivity contribution in [2.45, 2.75) is 19.8 Å². The van der Waals surface area contributed by atoms with Crippen LogP contribution >= 0.6 is 0 Å². The predicted molar refractivity (Wildman–Crippen MR) is 98.7 cm³/mol. The number of rotatable bonds is 7. The lowest BCUT2D eigenvalue weighted by atomic mass is 9.88. The lowest BCUT2D eigenvalue weighted by Crippen LogP contribution is -2.27. The minimum Gasteiger partial charge on any atom is -0.355 e. The smallest absolute Gasteiger partial charge is 0.278 e. The van der Waals surface area contributed by atoms with E-state index in [9.17, 15) is 19.7 Å². The van der Waals surface area contributed by atoms with Crippen LogP contribution in [0.25, 0.3) is 11.2 Å². The quantitative estimate of drug-likeness (QED) is 0.425. The molecule has 1 aromatic carbocycles. The largest absolute Gasteiger partial charge is 0.355 e. The zero-order valence-corrected chi connectivity index (χ0v) is 14.7. The van der Waals surface area contributed by atoms with Gasteiger partial charge in [-0.3, -0.25) is 24.7 Å². The van der Waals surface area contributed by atoms with Crippen LogP contribution in [0.15, 0.2) is 35.4 Å². The number of ketones is 1. The van der Waals surface area contributed by atoms with Crippen molar-refractivity contribution in [3.63, 3.8) is 0 Å². The van der Waals surface area contributed by atoms with Gasteiger partial charge in [0.25, 0.3) is 11.2 Å². The minimum atomic E-state index is -0.771. The van der Waals surface area contributed by atoms with E-state index >= 15 is 0 Å². The van der Waals surface area contributed by atoms with Crippen LogP contribution in [0.3, 0.4) is 0 Å². The Morgan fingerprint density at radius 1 is 1.33 bits per heavy atom. The third-order valence-corrected chi connectivity index (χ3v) is 4.19. The Morgan fingerprint density at radius 2 is 2.07 bits per heavy atom. The Morgan fingerprint density at radius 3 is 2.78 bits per heavy atom. The molecule has 140 valence electrons. The van der Waals surface area contributed by atoms with Crippen molar-refractivity contribution in [2.75, 3.05) is 11.9 Å². The highest BCUT2D eigenvalue weighted by Crippen LogP contribution is 2.29. The van der Waals surface area contributed by atoms with Gasteiger partial charge in [0.05, 0.1) is 17.2 Å². The summed E-state index contributed by atoms with van der Waals surface area (Å²) >= 11 is 0. The van der Waals surface area contributed by atoms with Gasteiger partial charge >= 0.3 is 0 Å². The van der Waals surface area contributed by atoms with Crippen LogP contribution in [0.4, 0.5) is 11.6 Å². The maximum Gasteiger partial charge on any atom is 0.278 e. The number of aromatic nitrogens is 4. The minimum absolute atomic E-state index is 0.0424. The molecule has 1 atom stereocenters. The Kier molecular flexibility index (Phi) is 4.97. The van der Waals surface area contributed by atoms with Crippen molar-refractivity contribution in [3.8, 4) is 0 Å². The number of nitrogens with one attached hydrogen (secondary N) is 3. The molecule has 0 bridgehead atoms. The van der Waals surface area contributed by atoms with Gasteiger partial charge in [-0.25, -0.2) is 4.98 Å². The van der Waals surface area contributed by atoms with Crippen LogP contribution in [0, 0.1) is 16.0 Å². The number of anilines is 1. The summed E-state index contributed by atoms with van der Waals surface area (Å²) in [5.41, 5.74) is 0.268. The van der Waals surface area contributed by atoms with Gasteiger partial charge in [-0.15, -0.1) is 0 Å². The van der Waals surface area contributed by atoms with Gasteiger partial charge in [0.2, 0.25) is 5.95 Å². The molecule has 1 unspecified atom stereocenters. The van der Waals surface area contributed by atoms with Crippen LogP contribution in [0.1, 0.15) is 25.3 Å². The molecule has 27 heavy (non-hydrogen) atoms. The molecular formula is C17H18N6O4. The molecule has 0 amide bonds. The molecule has 0 aliphatic heterocycles. The normalized spacial score (nSPS) is 12.3. The molecule has 10 heteroatoms. The van der Waals surface area contributed by atoms with Crippen molar-refractivity contribution in [3.05, 3.63) is 56.6 Å². The third-order valence-electron chi connectivity index (χ3n) is 4.19. The van der Waals surface area contributed by atoms with Crippen LogP contribution < -0.4 is 10.9 Å². The van der Waals surface area contributed by atoms with E-state index in [-0.39, 0.29) is 41.0 Å². The second-order valence-corrected chi connectivity index (χ2v) is 6.32. The fourth-order valence-electron chi connectivity index (χ4n) is 2.84. The molecule has 0 spiro atoms. The Labute approximate surface area is 153 Å². The second kappa shape index (κ2) is 7.36. The van der Waals surface area contributed by atoms with E-state index in [1.165, 1.54) is 12.4 Å². The van der Waals surface area contributed by atoms with E-state index < -0.39 is 16.4 Å². The molecule has 3 N–H and O–H groups in total. The van der Waals surface area contributed by atoms with Crippen LogP contribution in [-0.4, -0.2) is 37.2 Å². The number of nitro benzene ring substituents is 1. The first-order valence-electron chi connectivity index (χ1n) is 8.32. The number of fused-ring (bicyclic) bond motifs is 1. The first kappa shape index (κ1) is 18.2. The average Bonchev–Trinajstić information content (AvgIpc) is 3.11. The highest BCUT2D eigenvalue weighted by atomic mass is 16.6. The summed E-state index contributed by atoms with van der Waals surface area (Å²) in [6.07, 6.45) is 1.36. The van der Waals surface area contributed by atoms with Crippen LogP contribution in [-0.2, 0) is 4.79 Å². The first-order chi connectivity index (χ1) is 12.9. The van der Waals surface area contributed by atoms with Gasteiger partial charge in [0.15, 0.2) is 11.2 Å². The second-order valence-electron chi connectivity index (χ2n) is 6.32. The Bertz CT molecular complexity index is 1050. The monoisotopic (exact) mass is 370 g/mol. The number of nitrogens with zero attached hydrogens (tertiary/aromatic N) is 3. The predicted octanol–water partition coefficient (Wildman–Crippen LogP) is 1.98. The number of nitro groups is 1. The van der Waals surface area contributed by atoms with E-state index in [4.69, 9.17) is 0 Å². The molecule has 0 saturated carbocycles. The molecule has 10 nitrogen and oxygen atoms in total. The maximum absolute atomic E-state index is 12.7. The van der Waals surface area contributed by atoms with E-state index in [0.29, 0.717) is 5.56 Å². The van der Waals surface area contributed by atoms with E-state index in [0.717, 1.165) is 0 Å². The summed E-state index contributed by atoms with van der Waals surface area (Å²) in [4.78, 5) is 48.9. The van der Waals surface area contributed by atoms with Crippen molar-refractivity contribution in [2.24, 2.45) is 5.92 Å². The summed E-state index contributed by atoms with van der Waals surface area (Å²) in [6.45, 7) is 3.51. The fraction of sp³-hybridized carbons (Fsp3) is 0.294. The number of imidazole rings is 1. The molecule has 0 radical (unpaired) electrons. The summed E-state index contributed by atoms with van der Waals surface area (Å²) in [7, 11) is 0. The maximum atomic E-state index is 12.7. The first-order valence-corrected chi connectivity index (χ1v) is 8.32. The lowest BCUT2D eigenvalue weighted by molar-refractivity contribution is -0.385. The lowest BCUT2D eigenvalue weighted by Gasteiger charge is -2.19. The van der Waals surface area contributed by atoms with Gasteiger partial charge in [0, 0.05) is 24.1 Å². The number of H-pyrrole nitrogens is 2. The molecule has 0 fully saturated rings. The van der Waals surface area contributed by atoms with Crippen molar-refractivity contribution in [1.29, 1.82) is 0 Å². The summed E-state index contributed by atoms with van der Waals surface area (Å²) in [5.74, 6) is -1.11. The zero-order chi connectivity index (χ0) is 19.6. The topological polar surface area (TPSA) is 147 Å². The molecule has 2 heterocycles. The van der Waals surface area contributed by atoms with Crippen LogP contribution in [0.5, 0.6) is 0 Å². The van der Waals surface area contributed by atoms with E-state index in [1.54, 1.807) is 32.0 Å². The number of hydrogen-bond donors (Lipinski definition) is 3. The van der Waals surface area contributed by atoms with Gasteiger partial charge in [-0.2, -0.15) is 4.98 Å². The van der Waals surface area contributed by atoms with Crippen molar-refractivity contribution in [1.82, 2.24) is 19.9 Å². The van der Waals surface area contributed by atoms with Crippen molar-refractivity contribution < 1.29 is 9.72 Å². The molecule has 0 aliphatic carbocycles. The fourth-order valence-corrected chi connectivity index (χ4v) is 2.84. The molecular weight excluding hydrogens is 352 g/mol. The van der Waals surface area contributed by atoms with Gasteiger partial charge in [-0.05, 0) is 0 Å². The summed E-state index contributed by atoms with van der Waals surface area (Å²) in [6, 6.07) is 6.14. The number of para-hydroxylation sites is 1. The highest BCUT2D eigenvalue weighted by molar-refractivity contribution is 5.89. The molecule has 2 aromatic heterocycles. The zero-order valence-electron chi connectivity index (χ0n) is 14.7. The van der Waals surface area contributed by atoms with E-state index in [1.807, 2.05) is 0 Å². The number of Topliss-reactive ketones (excluding diaryl/α,β-unsaturated/α-hetero) is 1. The summed E-state index contributed by atoms with van der Waals surface area (Å²) < 4.78 is 0. The number of aromatic amines is 2. The standard InChI is InChI=1S/C17H18N6O4/c1-9(2)14(24)11(10-5-3-4-6-12(10)23(26)27)7-18-17-21-15-13(16(25)22-17)19-8-20-15/h3-6,8-9,11H,7H2,1-2H3,(H3,18,19,20,21,22,25). The molecule has 0 saturated heterocycles. The molecule has 0 aliphatic rings.